The zero-order valence-corrected chi connectivity index (χ0v) is 16.6. The van der Waals surface area contributed by atoms with Crippen LogP contribution >= 0.6 is 0 Å². The second-order valence-corrected chi connectivity index (χ2v) is 8.38. The molecular weight excluding hydrogens is 353 g/mol. The van der Waals surface area contributed by atoms with Crippen molar-refractivity contribution >= 4 is 5.91 Å². The van der Waals surface area contributed by atoms with Crippen LogP contribution in [0.2, 0.25) is 0 Å². The van der Waals surface area contributed by atoms with E-state index in [1.807, 2.05) is 44.3 Å². The monoisotopic (exact) mass is 381 g/mol. The summed E-state index contributed by atoms with van der Waals surface area (Å²) in [4.78, 5) is 21.9. The average molecular weight is 381 g/mol. The minimum atomic E-state index is -0.214. The van der Waals surface area contributed by atoms with Crippen molar-refractivity contribution in [3.05, 3.63) is 65.7 Å². The lowest BCUT2D eigenvalue weighted by Crippen LogP contribution is -2.48. The van der Waals surface area contributed by atoms with Gasteiger partial charge in [0.1, 0.15) is 5.82 Å². The number of benzene rings is 1. The van der Waals surface area contributed by atoms with E-state index < -0.39 is 0 Å². The highest BCUT2D eigenvalue weighted by Gasteiger charge is 2.47. The Balaban J connectivity index is 1.57. The molecule has 148 valence electrons. The number of carbonyl (C=O) groups excluding carboxylic acids is 1. The molecule has 1 aromatic heterocycles. The van der Waals surface area contributed by atoms with E-state index in [0.29, 0.717) is 5.92 Å². The van der Waals surface area contributed by atoms with Crippen LogP contribution in [0, 0.1) is 17.7 Å². The lowest BCUT2D eigenvalue weighted by Gasteiger charge is -2.39. The van der Waals surface area contributed by atoms with E-state index in [1.165, 1.54) is 12.1 Å². The Bertz CT molecular complexity index is 808. The SMILES string of the molecule is CC(C)C(=O)N1C[C@H](c2ccc(F)cc2)[C@H]2CN(Cc3ccccn3)CC[C@H]21. The van der Waals surface area contributed by atoms with Gasteiger partial charge in [-0.1, -0.05) is 32.0 Å². The summed E-state index contributed by atoms with van der Waals surface area (Å²) in [6.45, 7) is 7.41. The minimum Gasteiger partial charge on any atom is -0.338 e. The fourth-order valence-electron chi connectivity index (χ4n) is 4.82. The standard InChI is InChI=1S/C23H28FN3O/c1-16(2)23(28)27-15-20(17-6-8-18(24)9-7-17)21-14-26(12-10-22(21)27)13-19-5-3-4-11-25-19/h3-9,11,16,20-22H,10,12-15H2,1-2H3/t20-,21-,22-/m1/s1. The van der Waals surface area contributed by atoms with E-state index in [9.17, 15) is 9.18 Å². The van der Waals surface area contributed by atoms with Gasteiger partial charge in [0.15, 0.2) is 0 Å². The van der Waals surface area contributed by atoms with Gasteiger partial charge in [0.05, 0.1) is 5.69 Å². The molecule has 28 heavy (non-hydrogen) atoms. The highest BCUT2D eigenvalue weighted by Crippen LogP contribution is 2.42. The normalized spacial score (nSPS) is 25.1. The highest BCUT2D eigenvalue weighted by atomic mass is 19.1. The molecule has 1 amide bonds. The third kappa shape index (κ3) is 3.81. The van der Waals surface area contributed by atoms with Crippen LogP contribution in [0.4, 0.5) is 4.39 Å². The van der Waals surface area contributed by atoms with Gasteiger partial charge in [0.2, 0.25) is 5.91 Å². The molecule has 5 heteroatoms. The third-order valence-electron chi connectivity index (χ3n) is 6.20. The molecule has 4 nitrogen and oxygen atoms in total. The molecule has 0 radical (unpaired) electrons. The number of fused-ring (bicyclic) bond motifs is 1. The number of likely N-dealkylation sites (tertiary alicyclic amines) is 2. The van der Waals surface area contributed by atoms with Crippen molar-refractivity contribution in [2.24, 2.45) is 11.8 Å². The number of hydrogen-bond acceptors (Lipinski definition) is 3. The van der Waals surface area contributed by atoms with Crippen LogP contribution in [0.5, 0.6) is 0 Å². The highest BCUT2D eigenvalue weighted by molar-refractivity contribution is 5.79. The van der Waals surface area contributed by atoms with Gasteiger partial charge in [-0.2, -0.15) is 0 Å². The maximum atomic E-state index is 13.4. The van der Waals surface area contributed by atoms with Crippen LogP contribution in [-0.2, 0) is 11.3 Å². The molecule has 2 aromatic rings. The predicted molar refractivity (Wildman–Crippen MR) is 107 cm³/mol. The topological polar surface area (TPSA) is 36.4 Å². The first-order valence-corrected chi connectivity index (χ1v) is 10.2. The molecule has 0 saturated carbocycles. The number of nitrogens with zero attached hydrogens (tertiary/aromatic N) is 3. The molecule has 2 fully saturated rings. The van der Waals surface area contributed by atoms with E-state index in [2.05, 4.69) is 20.9 Å². The molecule has 1 aromatic carbocycles. The minimum absolute atomic E-state index is 0.000772. The van der Waals surface area contributed by atoms with E-state index in [-0.39, 0.29) is 29.6 Å². The fraction of sp³-hybridized carbons (Fsp3) is 0.478. The van der Waals surface area contributed by atoms with Gasteiger partial charge in [-0.15, -0.1) is 0 Å². The van der Waals surface area contributed by atoms with Crippen molar-refractivity contribution in [3.63, 3.8) is 0 Å². The second-order valence-electron chi connectivity index (χ2n) is 8.38. The molecule has 2 saturated heterocycles. The van der Waals surface area contributed by atoms with Crippen LogP contribution in [0.25, 0.3) is 0 Å². The summed E-state index contributed by atoms with van der Waals surface area (Å²) < 4.78 is 13.4. The first-order valence-electron chi connectivity index (χ1n) is 10.2. The maximum Gasteiger partial charge on any atom is 0.225 e. The molecule has 3 atom stereocenters. The Morgan fingerprint density at radius 1 is 1.18 bits per heavy atom. The van der Waals surface area contributed by atoms with Gasteiger partial charge >= 0.3 is 0 Å². The number of rotatable bonds is 4. The predicted octanol–water partition coefficient (Wildman–Crippen LogP) is 3.69. The molecule has 0 spiro atoms. The number of hydrogen-bond donors (Lipinski definition) is 0. The summed E-state index contributed by atoms with van der Waals surface area (Å²) in [5, 5.41) is 0. The Morgan fingerprint density at radius 2 is 1.96 bits per heavy atom. The maximum absolute atomic E-state index is 13.4. The second kappa shape index (κ2) is 8.00. The number of pyridine rings is 1. The zero-order chi connectivity index (χ0) is 19.7. The van der Waals surface area contributed by atoms with Gasteiger partial charge < -0.3 is 4.90 Å². The van der Waals surface area contributed by atoms with Crippen molar-refractivity contribution in [2.75, 3.05) is 19.6 Å². The van der Waals surface area contributed by atoms with Crippen LogP contribution in [0.15, 0.2) is 48.7 Å². The molecule has 0 aliphatic carbocycles. The van der Waals surface area contributed by atoms with Crippen molar-refractivity contribution in [1.82, 2.24) is 14.8 Å². The molecule has 0 unspecified atom stereocenters. The lowest BCUT2D eigenvalue weighted by atomic mass is 9.81. The largest absolute Gasteiger partial charge is 0.338 e. The summed E-state index contributed by atoms with van der Waals surface area (Å²) >= 11 is 0. The Hall–Kier alpha value is -2.27. The Labute approximate surface area is 166 Å². The summed E-state index contributed by atoms with van der Waals surface area (Å²) in [6.07, 6.45) is 2.82. The average Bonchev–Trinajstić information content (AvgIpc) is 3.07. The first-order chi connectivity index (χ1) is 13.5. The fourth-order valence-corrected chi connectivity index (χ4v) is 4.82. The quantitative estimate of drug-likeness (QED) is 0.810. The van der Waals surface area contributed by atoms with Crippen molar-refractivity contribution in [2.45, 2.75) is 38.8 Å². The van der Waals surface area contributed by atoms with Crippen molar-refractivity contribution in [1.29, 1.82) is 0 Å². The first kappa shape index (κ1) is 19.1. The van der Waals surface area contributed by atoms with Crippen molar-refractivity contribution in [3.8, 4) is 0 Å². The summed E-state index contributed by atoms with van der Waals surface area (Å²) in [5.41, 5.74) is 2.21. The van der Waals surface area contributed by atoms with E-state index >= 15 is 0 Å². The smallest absolute Gasteiger partial charge is 0.225 e. The summed E-state index contributed by atoms with van der Waals surface area (Å²) in [6, 6.07) is 13.1. The van der Waals surface area contributed by atoms with Crippen molar-refractivity contribution < 1.29 is 9.18 Å². The van der Waals surface area contributed by atoms with E-state index in [0.717, 1.165) is 43.9 Å². The van der Waals surface area contributed by atoms with Crippen LogP contribution in [0.1, 0.15) is 37.4 Å². The molecular formula is C23H28FN3O. The van der Waals surface area contributed by atoms with Crippen LogP contribution in [-0.4, -0.2) is 46.4 Å². The van der Waals surface area contributed by atoms with Gasteiger partial charge in [-0.3, -0.25) is 14.7 Å². The summed E-state index contributed by atoms with van der Waals surface area (Å²) in [5.74, 6) is 0.635. The zero-order valence-electron chi connectivity index (χ0n) is 16.6. The third-order valence-corrected chi connectivity index (χ3v) is 6.20. The number of piperidine rings is 1. The molecule has 0 N–H and O–H groups in total. The van der Waals surface area contributed by atoms with Crippen LogP contribution in [0.3, 0.4) is 0 Å². The Morgan fingerprint density at radius 3 is 2.64 bits per heavy atom. The lowest BCUT2D eigenvalue weighted by molar-refractivity contribution is -0.136. The van der Waals surface area contributed by atoms with Gasteiger partial charge in [-0.05, 0) is 36.2 Å². The number of amides is 1. The molecule has 0 bridgehead atoms. The van der Waals surface area contributed by atoms with E-state index in [4.69, 9.17) is 0 Å². The molecule has 3 heterocycles. The number of halogens is 1. The molecule has 2 aliphatic heterocycles. The van der Waals surface area contributed by atoms with Gasteiger partial charge in [0.25, 0.3) is 0 Å². The van der Waals surface area contributed by atoms with Gasteiger partial charge in [-0.25, -0.2) is 4.39 Å². The van der Waals surface area contributed by atoms with E-state index in [1.54, 1.807) is 0 Å². The van der Waals surface area contributed by atoms with Crippen LogP contribution < -0.4 is 0 Å². The Kier molecular flexibility index (Phi) is 5.44. The van der Waals surface area contributed by atoms with Gasteiger partial charge in [0, 0.05) is 56.2 Å². The molecule has 4 rings (SSSR count). The number of carbonyl (C=O) groups is 1. The molecule has 2 aliphatic rings. The summed E-state index contributed by atoms with van der Waals surface area (Å²) in [7, 11) is 0. The number of aromatic nitrogens is 1.